The van der Waals surface area contributed by atoms with Crippen LogP contribution < -0.4 is 24.8 Å². The molecule has 0 atom stereocenters. The zero-order chi connectivity index (χ0) is 12.9. The van der Waals surface area contributed by atoms with Crippen LogP contribution in [0, 0.1) is 6.08 Å². The van der Waals surface area contributed by atoms with Crippen molar-refractivity contribution in [1.82, 2.24) is 0 Å². The Morgan fingerprint density at radius 3 is 2.00 bits per heavy atom. The van der Waals surface area contributed by atoms with Gasteiger partial charge in [0.25, 0.3) is 0 Å². The largest absolute Gasteiger partial charge is 1.00 e. The van der Waals surface area contributed by atoms with Gasteiger partial charge in [-0.1, -0.05) is 39.8 Å². The van der Waals surface area contributed by atoms with Crippen LogP contribution >= 0.6 is 0 Å². The fraction of sp³-hybridized carbons (Fsp3) is 0.375. The van der Waals surface area contributed by atoms with Crippen LogP contribution in [0.5, 0.6) is 5.75 Å². The van der Waals surface area contributed by atoms with Gasteiger partial charge in [-0.2, -0.15) is 6.08 Å². The summed E-state index contributed by atoms with van der Waals surface area (Å²) in [6, 6.07) is 7.39. The average molecular weight is 348 g/mol. The maximum absolute atomic E-state index is 9.18. The third-order valence-corrected chi connectivity index (χ3v) is 2.58. The molecule has 0 heterocycles. The molecule has 0 bridgehead atoms. The summed E-state index contributed by atoms with van der Waals surface area (Å²) in [4.78, 5) is 0. The van der Waals surface area contributed by atoms with Crippen molar-refractivity contribution in [3.8, 4) is 5.75 Å². The van der Waals surface area contributed by atoms with Crippen molar-refractivity contribution < 1.29 is 51.6 Å². The molecule has 20 heavy (non-hydrogen) atoms. The fourth-order valence-electron chi connectivity index (χ4n) is 1.49. The topological polar surface area (TPSA) is 20.2 Å². The number of phenolic OH excluding ortho intramolecular Hbond substituents is 1. The second-order valence-corrected chi connectivity index (χ2v) is 5.27. The molecule has 0 spiro atoms. The summed E-state index contributed by atoms with van der Waals surface area (Å²) in [6.45, 7) is 8.44. The van der Waals surface area contributed by atoms with Gasteiger partial charge in [0.05, 0.1) is 0 Å². The van der Waals surface area contributed by atoms with E-state index in [1.165, 1.54) is 5.57 Å². The standard InChI is InChI=1S/C10H14O.C6H7.2ClH.Ti/c1-10(2,3)8-5-4-6-9(11)7-8;1-6-4-2-3-5-6;;;/h4-7,11H,1-3H3;2,4H,3H2,1H3;2*1H;/q;-1;;;/p-2. The number of rotatable bonds is 0. The smallest absolute Gasteiger partial charge is 0.115 e. The van der Waals surface area contributed by atoms with Gasteiger partial charge in [-0.15, -0.1) is 6.42 Å². The van der Waals surface area contributed by atoms with Crippen molar-refractivity contribution in [2.75, 3.05) is 0 Å². The zero-order valence-corrected chi connectivity index (χ0v) is 15.4. The number of hydrogen-bond donors (Lipinski definition) is 1. The summed E-state index contributed by atoms with van der Waals surface area (Å²) in [6.07, 6.45) is 8.33. The van der Waals surface area contributed by atoms with Gasteiger partial charge in [0.1, 0.15) is 5.75 Å². The summed E-state index contributed by atoms with van der Waals surface area (Å²) in [5.41, 5.74) is 2.56. The van der Waals surface area contributed by atoms with Gasteiger partial charge < -0.3 is 29.9 Å². The normalized spacial score (nSPS) is 11.9. The van der Waals surface area contributed by atoms with Crippen molar-refractivity contribution in [1.29, 1.82) is 0 Å². The van der Waals surface area contributed by atoms with Gasteiger partial charge >= 0.3 is 0 Å². The molecule has 0 saturated carbocycles. The fourth-order valence-corrected chi connectivity index (χ4v) is 1.49. The van der Waals surface area contributed by atoms with Crippen molar-refractivity contribution in [3.05, 3.63) is 53.6 Å². The summed E-state index contributed by atoms with van der Waals surface area (Å²) in [5, 5.41) is 9.18. The van der Waals surface area contributed by atoms with Crippen LogP contribution in [0.15, 0.2) is 42.0 Å². The molecule has 1 aliphatic rings. The van der Waals surface area contributed by atoms with E-state index in [1.54, 1.807) is 12.1 Å². The average Bonchev–Trinajstić information content (AvgIpc) is 2.69. The van der Waals surface area contributed by atoms with Crippen LogP contribution in [0.1, 0.15) is 39.7 Å². The van der Waals surface area contributed by atoms with Crippen molar-refractivity contribution in [2.45, 2.75) is 39.5 Å². The Hall–Kier alpha value is -0.206. The Kier molecular flexibility index (Phi) is 14.2. The SMILES string of the molecule is CC(C)(C)c1cccc(O)c1.CC1=[C-]CC=C1.[Cl-].[Cl-].[Ti]. The molecule has 1 aliphatic carbocycles. The quantitative estimate of drug-likeness (QED) is 0.442. The van der Waals surface area contributed by atoms with Crippen LogP contribution in [0.25, 0.3) is 0 Å². The summed E-state index contributed by atoms with van der Waals surface area (Å²) >= 11 is 0. The Morgan fingerprint density at radius 2 is 1.75 bits per heavy atom. The van der Waals surface area contributed by atoms with E-state index < -0.39 is 0 Å². The number of allylic oxidation sites excluding steroid dienone is 4. The van der Waals surface area contributed by atoms with Crippen LogP contribution in [0.3, 0.4) is 0 Å². The first-order valence-electron chi connectivity index (χ1n) is 5.93. The second-order valence-electron chi connectivity index (χ2n) is 5.27. The molecule has 0 saturated heterocycles. The molecular weight excluding hydrogens is 327 g/mol. The minimum Gasteiger partial charge on any atom is -1.00 e. The van der Waals surface area contributed by atoms with Crippen LogP contribution in [-0.4, -0.2) is 5.11 Å². The number of benzene rings is 1. The molecule has 0 aliphatic heterocycles. The first-order chi connectivity index (χ1) is 7.89. The summed E-state index contributed by atoms with van der Waals surface area (Å²) in [5.74, 6) is 0.345. The number of hydrogen-bond acceptors (Lipinski definition) is 1. The molecule has 2 rings (SSSR count). The maximum atomic E-state index is 9.18. The monoisotopic (exact) mass is 347 g/mol. The van der Waals surface area contributed by atoms with E-state index in [0.717, 1.165) is 12.0 Å². The van der Waals surface area contributed by atoms with E-state index in [0.29, 0.717) is 5.75 Å². The molecule has 0 amide bonds. The Morgan fingerprint density at radius 1 is 1.15 bits per heavy atom. The number of phenols is 1. The molecule has 0 aromatic heterocycles. The maximum Gasteiger partial charge on any atom is 0.115 e. The molecule has 1 aromatic rings. The van der Waals surface area contributed by atoms with Gasteiger partial charge in [0.15, 0.2) is 0 Å². The molecule has 112 valence electrons. The molecule has 1 N–H and O–H groups in total. The first-order valence-corrected chi connectivity index (χ1v) is 5.93. The van der Waals surface area contributed by atoms with Gasteiger partial charge in [-0.3, -0.25) is 6.08 Å². The Bertz CT molecular complexity index is 432. The van der Waals surface area contributed by atoms with E-state index in [2.05, 4.69) is 45.9 Å². The molecular formula is C16H21Cl2OTi-3. The Balaban J connectivity index is -0.000000281. The van der Waals surface area contributed by atoms with E-state index in [1.807, 2.05) is 12.1 Å². The van der Waals surface area contributed by atoms with Crippen LogP contribution in [0.4, 0.5) is 0 Å². The minimum atomic E-state index is 0. The second kappa shape index (κ2) is 11.5. The third-order valence-electron chi connectivity index (χ3n) is 2.58. The number of halogens is 2. The molecule has 0 fully saturated rings. The molecule has 0 radical (unpaired) electrons. The van der Waals surface area contributed by atoms with E-state index >= 15 is 0 Å². The van der Waals surface area contributed by atoms with Crippen LogP contribution in [0.2, 0.25) is 0 Å². The summed E-state index contributed by atoms with van der Waals surface area (Å²) in [7, 11) is 0. The van der Waals surface area contributed by atoms with E-state index in [-0.39, 0.29) is 51.9 Å². The predicted molar refractivity (Wildman–Crippen MR) is 73.0 cm³/mol. The van der Waals surface area contributed by atoms with E-state index in [4.69, 9.17) is 0 Å². The molecule has 0 unspecified atom stereocenters. The van der Waals surface area contributed by atoms with E-state index in [9.17, 15) is 5.11 Å². The van der Waals surface area contributed by atoms with Gasteiger partial charge in [-0.05, 0) is 23.1 Å². The summed E-state index contributed by atoms with van der Waals surface area (Å²) < 4.78 is 0. The molecule has 1 nitrogen and oxygen atoms in total. The van der Waals surface area contributed by atoms with Gasteiger partial charge in [-0.25, -0.2) is 11.6 Å². The predicted octanol–water partition coefficient (Wildman–Crippen LogP) is -1.61. The van der Waals surface area contributed by atoms with Gasteiger partial charge in [0.2, 0.25) is 0 Å². The van der Waals surface area contributed by atoms with Crippen molar-refractivity contribution in [3.63, 3.8) is 0 Å². The van der Waals surface area contributed by atoms with Gasteiger partial charge in [0, 0.05) is 21.7 Å². The zero-order valence-electron chi connectivity index (χ0n) is 12.4. The van der Waals surface area contributed by atoms with Crippen molar-refractivity contribution in [2.24, 2.45) is 0 Å². The third kappa shape index (κ3) is 9.66. The Labute approximate surface area is 150 Å². The minimum absolute atomic E-state index is 0. The number of aromatic hydroxyl groups is 1. The molecule has 4 heteroatoms. The first kappa shape index (κ1) is 24.8. The molecule has 1 aromatic carbocycles. The van der Waals surface area contributed by atoms with Crippen molar-refractivity contribution >= 4 is 0 Å². The van der Waals surface area contributed by atoms with Crippen LogP contribution in [-0.2, 0) is 27.1 Å².